The summed E-state index contributed by atoms with van der Waals surface area (Å²) in [5.74, 6) is -1.19. The number of amides is 1. The van der Waals surface area contributed by atoms with E-state index in [2.05, 4.69) is 6.58 Å². The molecule has 0 rings (SSSR count). The van der Waals surface area contributed by atoms with Crippen LogP contribution in [0.2, 0.25) is 0 Å². The van der Waals surface area contributed by atoms with Gasteiger partial charge in [-0.15, -0.1) is 6.58 Å². The first kappa shape index (κ1) is 14.7. The molecule has 0 aliphatic rings. The molecule has 16 heavy (non-hydrogen) atoms. The Morgan fingerprint density at radius 1 is 1.50 bits per heavy atom. The van der Waals surface area contributed by atoms with Gasteiger partial charge in [-0.3, -0.25) is 4.79 Å². The lowest BCUT2D eigenvalue weighted by atomic mass is 9.92. The fraction of sp³-hybridized carbons (Fsp3) is 0.667. The lowest BCUT2D eigenvalue weighted by Gasteiger charge is -2.40. The number of allylic oxidation sites excluding steroid dienone is 1. The van der Waals surface area contributed by atoms with E-state index in [1.165, 1.54) is 11.8 Å². The van der Waals surface area contributed by atoms with Crippen molar-refractivity contribution in [3.05, 3.63) is 12.7 Å². The van der Waals surface area contributed by atoms with Gasteiger partial charge in [0.05, 0.1) is 0 Å². The largest absolute Gasteiger partial charge is 0.480 e. The topological polar surface area (TPSA) is 57.6 Å². The van der Waals surface area contributed by atoms with Crippen LogP contribution in [0.5, 0.6) is 0 Å². The zero-order valence-electron chi connectivity index (χ0n) is 10.5. The van der Waals surface area contributed by atoms with Crippen LogP contribution in [-0.4, -0.2) is 33.5 Å². The Balaban J connectivity index is 5.19. The standard InChI is InChI=1S/C12H21NO3/c1-6-7-8-12(5,11(15)16)13(9(2)3)10(4)14/h6,9H,1,7-8H2,2-5H3,(H,15,16). The van der Waals surface area contributed by atoms with E-state index in [9.17, 15) is 14.7 Å². The maximum atomic E-state index is 11.5. The number of hydrogen-bond donors (Lipinski definition) is 1. The molecule has 1 unspecified atom stereocenters. The highest BCUT2D eigenvalue weighted by Gasteiger charge is 2.41. The highest BCUT2D eigenvalue weighted by molar-refractivity contribution is 5.85. The van der Waals surface area contributed by atoms with Gasteiger partial charge in [0.25, 0.3) is 0 Å². The van der Waals surface area contributed by atoms with Gasteiger partial charge >= 0.3 is 5.97 Å². The molecule has 0 saturated heterocycles. The van der Waals surface area contributed by atoms with Gasteiger partial charge < -0.3 is 10.0 Å². The third-order valence-electron chi connectivity index (χ3n) is 2.68. The van der Waals surface area contributed by atoms with Gasteiger partial charge in [0, 0.05) is 13.0 Å². The lowest BCUT2D eigenvalue weighted by molar-refractivity contribution is -0.160. The Labute approximate surface area is 96.9 Å². The number of aliphatic carboxylic acids is 1. The van der Waals surface area contributed by atoms with Crippen molar-refractivity contribution in [3.63, 3.8) is 0 Å². The SMILES string of the molecule is C=CCCC(C)(C(=O)O)N(C(C)=O)C(C)C. The molecule has 0 aromatic carbocycles. The van der Waals surface area contributed by atoms with Gasteiger partial charge in [0.1, 0.15) is 5.54 Å². The molecular weight excluding hydrogens is 206 g/mol. The van der Waals surface area contributed by atoms with Crippen molar-refractivity contribution >= 4 is 11.9 Å². The van der Waals surface area contributed by atoms with Crippen molar-refractivity contribution in [3.8, 4) is 0 Å². The summed E-state index contributed by atoms with van der Waals surface area (Å²) in [5, 5.41) is 9.30. The first-order valence-electron chi connectivity index (χ1n) is 5.41. The average molecular weight is 227 g/mol. The second-order valence-electron chi connectivity index (χ2n) is 4.39. The molecule has 1 atom stereocenters. The fourth-order valence-corrected chi connectivity index (χ4v) is 1.99. The molecule has 0 aliphatic carbocycles. The number of carbonyl (C=O) groups is 2. The second-order valence-corrected chi connectivity index (χ2v) is 4.39. The molecule has 1 amide bonds. The Morgan fingerprint density at radius 3 is 2.25 bits per heavy atom. The van der Waals surface area contributed by atoms with E-state index < -0.39 is 11.5 Å². The van der Waals surface area contributed by atoms with Crippen molar-refractivity contribution in [1.82, 2.24) is 4.90 Å². The minimum atomic E-state index is -1.16. The molecule has 0 fully saturated rings. The lowest BCUT2D eigenvalue weighted by Crippen LogP contribution is -2.57. The zero-order chi connectivity index (χ0) is 12.9. The summed E-state index contributed by atoms with van der Waals surface area (Å²) in [5.41, 5.74) is -1.16. The van der Waals surface area contributed by atoms with Crippen molar-refractivity contribution in [2.24, 2.45) is 0 Å². The van der Waals surface area contributed by atoms with Gasteiger partial charge in [0.2, 0.25) is 5.91 Å². The third-order valence-corrected chi connectivity index (χ3v) is 2.68. The zero-order valence-corrected chi connectivity index (χ0v) is 10.5. The van der Waals surface area contributed by atoms with Crippen LogP contribution >= 0.6 is 0 Å². The molecule has 92 valence electrons. The summed E-state index contributed by atoms with van der Waals surface area (Å²) < 4.78 is 0. The quantitative estimate of drug-likeness (QED) is 0.706. The van der Waals surface area contributed by atoms with Gasteiger partial charge in [-0.05, 0) is 33.6 Å². The van der Waals surface area contributed by atoms with Gasteiger partial charge in [0.15, 0.2) is 0 Å². The van der Waals surface area contributed by atoms with Crippen molar-refractivity contribution in [2.75, 3.05) is 0 Å². The Kier molecular flexibility index (Phi) is 5.21. The van der Waals surface area contributed by atoms with Crippen LogP contribution in [0.15, 0.2) is 12.7 Å². The summed E-state index contributed by atoms with van der Waals surface area (Å²) >= 11 is 0. The molecule has 0 bridgehead atoms. The highest BCUT2D eigenvalue weighted by atomic mass is 16.4. The van der Waals surface area contributed by atoms with Gasteiger partial charge in [-0.25, -0.2) is 4.79 Å². The van der Waals surface area contributed by atoms with Crippen molar-refractivity contribution < 1.29 is 14.7 Å². The Bertz CT molecular complexity index is 286. The normalized spacial score (nSPS) is 14.3. The molecule has 4 nitrogen and oxygen atoms in total. The molecule has 0 heterocycles. The number of carbonyl (C=O) groups excluding carboxylic acids is 1. The number of rotatable bonds is 6. The van der Waals surface area contributed by atoms with Crippen molar-refractivity contribution in [1.29, 1.82) is 0 Å². The van der Waals surface area contributed by atoms with Crippen LogP contribution in [0.3, 0.4) is 0 Å². The highest BCUT2D eigenvalue weighted by Crippen LogP contribution is 2.24. The maximum absolute atomic E-state index is 11.5. The number of carboxylic acid groups (broad SMARTS) is 1. The molecule has 4 heteroatoms. The van der Waals surface area contributed by atoms with Crippen LogP contribution in [0.1, 0.15) is 40.5 Å². The molecule has 0 saturated carbocycles. The summed E-state index contributed by atoms with van der Waals surface area (Å²) in [4.78, 5) is 24.3. The predicted octanol–water partition coefficient (Wildman–Crippen LogP) is 2.05. The van der Waals surface area contributed by atoms with E-state index in [0.717, 1.165) is 0 Å². The van der Waals surface area contributed by atoms with E-state index in [0.29, 0.717) is 12.8 Å². The minimum Gasteiger partial charge on any atom is -0.480 e. The summed E-state index contributed by atoms with van der Waals surface area (Å²) in [7, 11) is 0. The molecule has 0 aliphatic heterocycles. The minimum absolute atomic E-state index is 0.136. The van der Waals surface area contributed by atoms with Gasteiger partial charge in [-0.2, -0.15) is 0 Å². The monoisotopic (exact) mass is 227 g/mol. The Morgan fingerprint density at radius 2 is 2.00 bits per heavy atom. The smallest absolute Gasteiger partial charge is 0.329 e. The van der Waals surface area contributed by atoms with Gasteiger partial charge in [-0.1, -0.05) is 6.08 Å². The fourth-order valence-electron chi connectivity index (χ4n) is 1.99. The first-order chi connectivity index (χ1) is 7.27. The van der Waals surface area contributed by atoms with E-state index in [1.54, 1.807) is 13.0 Å². The number of nitrogens with zero attached hydrogens (tertiary/aromatic N) is 1. The summed E-state index contributed by atoms with van der Waals surface area (Å²) in [6.07, 6.45) is 2.61. The van der Waals surface area contributed by atoms with E-state index in [1.807, 2.05) is 13.8 Å². The second kappa shape index (κ2) is 5.68. The molecule has 0 aromatic heterocycles. The summed E-state index contributed by atoms with van der Waals surface area (Å²) in [6, 6.07) is -0.136. The molecule has 0 aromatic rings. The van der Waals surface area contributed by atoms with Crippen LogP contribution in [0, 0.1) is 0 Å². The number of hydrogen-bond acceptors (Lipinski definition) is 2. The van der Waals surface area contributed by atoms with Crippen molar-refractivity contribution in [2.45, 2.75) is 52.1 Å². The van der Waals surface area contributed by atoms with Crippen LogP contribution in [0.25, 0.3) is 0 Å². The maximum Gasteiger partial charge on any atom is 0.329 e. The first-order valence-corrected chi connectivity index (χ1v) is 5.41. The molecular formula is C12H21NO3. The number of carboxylic acids is 1. The molecule has 0 spiro atoms. The van der Waals surface area contributed by atoms with Crippen LogP contribution in [-0.2, 0) is 9.59 Å². The average Bonchev–Trinajstić information content (AvgIpc) is 2.13. The molecule has 0 radical (unpaired) electrons. The van der Waals surface area contributed by atoms with E-state index >= 15 is 0 Å². The predicted molar refractivity (Wildman–Crippen MR) is 63.1 cm³/mol. The Hall–Kier alpha value is -1.32. The van der Waals surface area contributed by atoms with E-state index in [4.69, 9.17) is 0 Å². The third kappa shape index (κ3) is 3.08. The van der Waals surface area contributed by atoms with Crippen LogP contribution < -0.4 is 0 Å². The van der Waals surface area contributed by atoms with E-state index in [-0.39, 0.29) is 11.9 Å². The molecule has 1 N–H and O–H groups in total. The summed E-state index contributed by atoms with van der Waals surface area (Å²) in [6.45, 7) is 10.2. The van der Waals surface area contributed by atoms with Crippen LogP contribution in [0.4, 0.5) is 0 Å².